The van der Waals surface area contributed by atoms with Gasteiger partial charge in [-0.05, 0) is 42.7 Å². The van der Waals surface area contributed by atoms with Gasteiger partial charge in [-0.3, -0.25) is 4.90 Å². The summed E-state index contributed by atoms with van der Waals surface area (Å²) in [7, 11) is 0. The van der Waals surface area contributed by atoms with E-state index >= 15 is 0 Å². The number of fused-ring (bicyclic) bond motifs is 3. The van der Waals surface area contributed by atoms with Crippen molar-refractivity contribution in [2.45, 2.75) is 31.9 Å². The normalized spacial score (nSPS) is 18.8. The largest absolute Gasteiger partial charge is 0.573 e. The van der Waals surface area contributed by atoms with Gasteiger partial charge >= 0.3 is 6.36 Å². The Kier molecular flexibility index (Phi) is 4.81. The van der Waals surface area contributed by atoms with Crippen LogP contribution in [-0.4, -0.2) is 34.4 Å². The van der Waals surface area contributed by atoms with Crippen molar-refractivity contribution in [3.63, 3.8) is 0 Å². The Morgan fingerprint density at radius 3 is 2.61 bits per heavy atom. The number of nitrogens with zero attached hydrogens (tertiary/aromatic N) is 1. The van der Waals surface area contributed by atoms with E-state index in [2.05, 4.69) is 33.7 Å². The number of para-hydroxylation sites is 1. The number of aliphatic hydroxyl groups is 1. The van der Waals surface area contributed by atoms with Crippen LogP contribution in [0.3, 0.4) is 0 Å². The van der Waals surface area contributed by atoms with E-state index in [1.54, 1.807) is 0 Å². The summed E-state index contributed by atoms with van der Waals surface area (Å²) in [4.78, 5) is 5.67. The lowest BCUT2D eigenvalue weighted by molar-refractivity contribution is -0.274. The molecule has 2 aromatic carbocycles. The highest BCUT2D eigenvalue weighted by molar-refractivity contribution is 5.85. The topological polar surface area (TPSA) is 48.5 Å². The molecule has 7 heteroatoms. The second-order valence-electron chi connectivity index (χ2n) is 7.12. The minimum atomic E-state index is -4.72. The molecule has 0 fully saturated rings. The van der Waals surface area contributed by atoms with Gasteiger partial charge in [-0.2, -0.15) is 0 Å². The van der Waals surface area contributed by atoms with E-state index in [1.165, 1.54) is 35.2 Å². The Hall–Kier alpha value is -2.51. The van der Waals surface area contributed by atoms with Crippen LogP contribution in [0, 0.1) is 0 Å². The SMILES string of the molecule is C[C@@H]1c2[nH]c3ccccc3c2CCN1C[C@@H](O)c1ccc(OC(F)(F)F)cc1. The molecule has 0 amide bonds. The van der Waals surface area contributed by atoms with E-state index in [9.17, 15) is 18.3 Å². The molecule has 0 saturated heterocycles. The third-order valence-corrected chi connectivity index (χ3v) is 5.37. The second-order valence-corrected chi connectivity index (χ2v) is 7.12. The van der Waals surface area contributed by atoms with Gasteiger partial charge in [0.2, 0.25) is 0 Å². The first-order valence-corrected chi connectivity index (χ1v) is 9.19. The maximum Gasteiger partial charge on any atom is 0.573 e. The molecule has 2 N–H and O–H groups in total. The number of H-pyrrole nitrogens is 1. The molecule has 1 aromatic heterocycles. The number of halogens is 3. The minimum Gasteiger partial charge on any atom is -0.406 e. The molecule has 0 unspecified atom stereocenters. The van der Waals surface area contributed by atoms with E-state index in [0.29, 0.717) is 12.1 Å². The van der Waals surface area contributed by atoms with Crippen LogP contribution in [0.15, 0.2) is 48.5 Å². The zero-order chi connectivity index (χ0) is 19.9. The van der Waals surface area contributed by atoms with Gasteiger partial charge < -0.3 is 14.8 Å². The molecule has 0 saturated carbocycles. The monoisotopic (exact) mass is 390 g/mol. The lowest BCUT2D eigenvalue weighted by Crippen LogP contribution is -2.36. The van der Waals surface area contributed by atoms with E-state index < -0.39 is 12.5 Å². The first-order valence-electron chi connectivity index (χ1n) is 9.19. The number of alkyl halides is 3. The summed E-state index contributed by atoms with van der Waals surface area (Å²) in [5.74, 6) is -0.294. The Morgan fingerprint density at radius 2 is 1.89 bits per heavy atom. The molecule has 0 spiro atoms. The number of hydrogen-bond acceptors (Lipinski definition) is 3. The first-order chi connectivity index (χ1) is 13.3. The zero-order valence-electron chi connectivity index (χ0n) is 15.3. The van der Waals surface area contributed by atoms with E-state index in [1.807, 2.05) is 12.1 Å². The molecule has 0 radical (unpaired) electrons. The molecule has 4 rings (SSSR count). The molecular formula is C21H21F3N2O2. The maximum absolute atomic E-state index is 12.3. The molecule has 2 heterocycles. The fraction of sp³-hybridized carbons (Fsp3) is 0.333. The third kappa shape index (κ3) is 3.72. The highest BCUT2D eigenvalue weighted by Crippen LogP contribution is 2.35. The highest BCUT2D eigenvalue weighted by Gasteiger charge is 2.31. The van der Waals surface area contributed by atoms with Crippen molar-refractivity contribution in [3.8, 4) is 5.75 Å². The quantitative estimate of drug-likeness (QED) is 0.678. The summed E-state index contributed by atoms with van der Waals surface area (Å²) in [6.45, 7) is 3.30. The maximum atomic E-state index is 12.3. The van der Waals surface area contributed by atoms with Crippen LogP contribution in [0.2, 0.25) is 0 Å². The van der Waals surface area contributed by atoms with Gasteiger partial charge in [-0.15, -0.1) is 13.2 Å². The van der Waals surface area contributed by atoms with Crippen LogP contribution in [0.5, 0.6) is 5.75 Å². The molecule has 4 nitrogen and oxygen atoms in total. The highest BCUT2D eigenvalue weighted by atomic mass is 19.4. The fourth-order valence-corrected chi connectivity index (χ4v) is 3.95. The van der Waals surface area contributed by atoms with Crippen molar-refractivity contribution in [1.82, 2.24) is 9.88 Å². The molecular weight excluding hydrogens is 369 g/mol. The molecule has 0 aliphatic carbocycles. The lowest BCUT2D eigenvalue weighted by Gasteiger charge is -2.35. The lowest BCUT2D eigenvalue weighted by atomic mass is 9.97. The molecule has 1 aliphatic rings. The summed E-state index contributed by atoms with van der Waals surface area (Å²) >= 11 is 0. The summed E-state index contributed by atoms with van der Waals surface area (Å²) in [6, 6.07) is 13.7. The molecule has 148 valence electrons. The van der Waals surface area contributed by atoms with E-state index in [0.717, 1.165) is 24.2 Å². The van der Waals surface area contributed by atoms with Crippen molar-refractivity contribution < 1.29 is 23.0 Å². The number of hydrogen-bond donors (Lipinski definition) is 2. The Bertz CT molecular complexity index is 966. The first kappa shape index (κ1) is 18.8. The molecule has 2 atom stereocenters. The van der Waals surface area contributed by atoms with Crippen LogP contribution in [0.25, 0.3) is 10.9 Å². The van der Waals surface area contributed by atoms with Crippen LogP contribution >= 0.6 is 0 Å². The number of aromatic nitrogens is 1. The number of nitrogens with one attached hydrogen (secondary N) is 1. The second kappa shape index (κ2) is 7.14. The molecule has 3 aromatic rings. The van der Waals surface area contributed by atoms with Gasteiger partial charge in [0.1, 0.15) is 5.75 Å². The van der Waals surface area contributed by atoms with Gasteiger partial charge in [0.15, 0.2) is 0 Å². The number of aliphatic hydroxyl groups excluding tert-OH is 1. The van der Waals surface area contributed by atoms with E-state index in [-0.39, 0.29) is 11.8 Å². The smallest absolute Gasteiger partial charge is 0.406 e. The van der Waals surface area contributed by atoms with Gasteiger partial charge in [0.05, 0.1) is 6.10 Å². The average molecular weight is 390 g/mol. The van der Waals surface area contributed by atoms with Gasteiger partial charge in [0, 0.05) is 35.7 Å². The molecule has 1 aliphatic heterocycles. The van der Waals surface area contributed by atoms with Crippen molar-refractivity contribution in [2.24, 2.45) is 0 Å². The third-order valence-electron chi connectivity index (χ3n) is 5.37. The molecule has 0 bridgehead atoms. The van der Waals surface area contributed by atoms with Crippen LogP contribution in [0.4, 0.5) is 13.2 Å². The number of benzene rings is 2. The van der Waals surface area contributed by atoms with Crippen LogP contribution in [-0.2, 0) is 6.42 Å². The van der Waals surface area contributed by atoms with Crippen molar-refractivity contribution in [1.29, 1.82) is 0 Å². The number of ether oxygens (including phenoxy) is 1. The van der Waals surface area contributed by atoms with Crippen molar-refractivity contribution >= 4 is 10.9 Å². The summed E-state index contributed by atoms with van der Waals surface area (Å²) in [5, 5.41) is 11.8. The van der Waals surface area contributed by atoms with Crippen molar-refractivity contribution in [2.75, 3.05) is 13.1 Å². The van der Waals surface area contributed by atoms with Gasteiger partial charge in [-0.25, -0.2) is 0 Å². The minimum absolute atomic E-state index is 0.110. The summed E-state index contributed by atoms with van der Waals surface area (Å²) in [6.07, 6.45) is -4.64. The fourth-order valence-electron chi connectivity index (χ4n) is 3.95. The standard InChI is InChI=1S/C21H21F3N2O2/c1-13-20-17(16-4-2-3-5-18(16)25-20)10-11-26(13)12-19(27)14-6-8-15(9-7-14)28-21(22,23)24/h2-9,13,19,25,27H,10-12H2,1H3/t13-,19-/m1/s1. The Morgan fingerprint density at radius 1 is 1.18 bits per heavy atom. The number of rotatable bonds is 4. The average Bonchev–Trinajstić information content (AvgIpc) is 3.03. The summed E-state index contributed by atoms with van der Waals surface area (Å²) in [5.41, 5.74) is 4.15. The predicted molar refractivity (Wildman–Crippen MR) is 100 cm³/mol. The Labute approximate surface area is 160 Å². The van der Waals surface area contributed by atoms with Crippen LogP contribution in [0.1, 0.15) is 35.9 Å². The summed E-state index contributed by atoms with van der Waals surface area (Å²) < 4.78 is 40.7. The number of β-amino-alcohol motifs (C(OH)–C–C–N with tert-alkyl or cyclic N) is 1. The predicted octanol–water partition coefficient (Wildman–Crippen LogP) is 4.72. The van der Waals surface area contributed by atoms with Crippen LogP contribution < -0.4 is 4.74 Å². The zero-order valence-corrected chi connectivity index (χ0v) is 15.3. The van der Waals surface area contributed by atoms with Crippen molar-refractivity contribution in [3.05, 3.63) is 65.4 Å². The van der Waals surface area contributed by atoms with E-state index in [4.69, 9.17) is 0 Å². The van der Waals surface area contributed by atoms with Gasteiger partial charge in [-0.1, -0.05) is 30.3 Å². The Balaban J connectivity index is 1.47. The van der Waals surface area contributed by atoms with Gasteiger partial charge in [0.25, 0.3) is 0 Å². The molecule has 28 heavy (non-hydrogen) atoms. The number of aromatic amines is 1.